The van der Waals surface area contributed by atoms with Crippen molar-refractivity contribution in [1.29, 1.82) is 0 Å². The van der Waals surface area contributed by atoms with Crippen LogP contribution < -0.4 is 5.32 Å². The normalized spacial score (nSPS) is 23.9. The Morgan fingerprint density at radius 1 is 1.27 bits per heavy atom. The number of hydrogen-bond acceptors (Lipinski definition) is 4. The van der Waals surface area contributed by atoms with Crippen LogP contribution in [0.2, 0.25) is 0 Å². The Bertz CT molecular complexity index is 832. The number of benzene rings is 1. The summed E-state index contributed by atoms with van der Waals surface area (Å²) in [4.78, 5) is 26.3. The number of nitrogens with zero attached hydrogens (tertiary/aromatic N) is 1. The third-order valence-electron chi connectivity index (χ3n) is 5.24. The summed E-state index contributed by atoms with van der Waals surface area (Å²) in [5, 5.41) is 2.48. The fraction of sp³-hybridized carbons (Fsp3) is 0.579. The molecule has 0 aromatic heterocycles. The van der Waals surface area contributed by atoms with E-state index in [1.165, 1.54) is 0 Å². The summed E-state index contributed by atoms with van der Waals surface area (Å²) < 4.78 is 24.1. The molecule has 2 saturated heterocycles. The number of carbonyl (C=O) groups is 2. The fourth-order valence-electron chi connectivity index (χ4n) is 3.85. The lowest BCUT2D eigenvalue weighted by Crippen LogP contribution is -2.32. The molecule has 3 rings (SSSR count). The van der Waals surface area contributed by atoms with Crippen LogP contribution in [-0.2, 0) is 14.6 Å². The minimum absolute atomic E-state index is 0.0419. The van der Waals surface area contributed by atoms with Crippen molar-refractivity contribution in [2.45, 2.75) is 38.9 Å². The second kappa shape index (κ2) is 7.02. The molecule has 1 aromatic rings. The van der Waals surface area contributed by atoms with Gasteiger partial charge in [-0.3, -0.25) is 9.59 Å². The highest BCUT2D eigenvalue weighted by atomic mass is 32.2. The number of carbonyl (C=O) groups excluding carboxylic acids is 2. The van der Waals surface area contributed by atoms with E-state index in [1.807, 2.05) is 20.8 Å². The van der Waals surface area contributed by atoms with Crippen molar-refractivity contribution in [3.8, 4) is 0 Å². The largest absolute Gasteiger partial charge is 0.337 e. The molecular weight excluding hydrogens is 352 g/mol. The van der Waals surface area contributed by atoms with Gasteiger partial charge in [-0.15, -0.1) is 0 Å². The van der Waals surface area contributed by atoms with Gasteiger partial charge in [-0.25, -0.2) is 8.42 Å². The number of sulfone groups is 1. The first-order chi connectivity index (χ1) is 12.2. The number of anilines is 1. The summed E-state index contributed by atoms with van der Waals surface area (Å²) in [6, 6.07) is 5.20. The van der Waals surface area contributed by atoms with Crippen LogP contribution in [0.3, 0.4) is 0 Å². The molecule has 0 bridgehead atoms. The zero-order valence-electron chi connectivity index (χ0n) is 15.5. The Morgan fingerprint density at radius 2 is 2.00 bits per heavy atom. The van der Waals surface area contributed by atoms with Crippen LogP contribution in [0.5, 0.6) is 0 Å². The van der Waals surface area contributed by atoms with E-state index in [0.717, 1.165) is 5.56 Å². The Balaban J connectivity index is 1.69. The van der Waals surface area contributed by atoms with E-state index in [-0.39, 0.29) is 35.9 Å². The smallest absolute Gasteiger partial charge is 0.253 e. The van der Waals surface area contributed by atoms with Crippen molar-refractivity contribution in [2.24, 2.45) is 11.8 Å². The van der Waals surface area contributed by atoms with Gasteiger partial charge in [0.15, 0.2) is 9.84 Å². The molecule has 0 saturated carbocycles. The molecule has 2 aliphatic heterocycles. The number of aryl methyl sites for hydroxylation is 1. The molecule has 142 valence electrons. The maximum atomic E-state index is 12.8. The van der Waals surface area contributed by atoms with Gasteiger partial charge in [0.25, 0.3) is 5.91 Å². The second-order valence-electron chi connectivity index (χ2n) is 7.84. The van der Waals surface area contributed by atoms with Gasteiger partial charge in [0.05, 0.1) is 11.0 Å². The van der Waals surface area contributed by atoms with Crippen LogP contribution in [0.25, 0.3) is 0 Å². The van der Waals surface area contributed by atoms with Gasteiger partial charge >= 0.3 is 0 Å². The van der Waals surface area contributed by atoms with Crippen LogP contribution in [0.15, 0.2) is 18.2 Å². The van der Waals surface area contributed by atoms with Crippen LogP contribution in [-0.4, -0.2) is 49.2 Å². The summed E-state index contributed by atoms with van der Waals surface area (Å²) in [6.07, 6.45) is 1.10. The average Bonchev–Trinajstić information content (AvgIpc) is 3.09. The van der Waals surface area contributed by atoms with Crippen molar-refractivity contribution in [1.82, 2.24) is 4.90 Å². The quantitative estimate of drug-likeness (QED) is 0.871. The van der Waals surface area contributed by atoms with Crippen LogP contribution in [0.4, 0.5) is 5.69 Å². The Hall–Kier alpha value is -1.89. The Labute approximate surface area is 154 Å². The fourth-order valence-corrected chi connectivity index (χ4v) is 6.00. The van der Waals surface area contributed by atoms with Crippen molar-refractivity contribution < 1.29 is 18.0 Å². The number of rotatable bonds is 4. The van der Waals surface area contributed by atoms with Crippen molar-refractivity contribution >= 4 is 27.3 Å². The Morgan fingerprint density at radius 3 is 2.62 bits per heavy atom. The van der Waals surface area contributed by atoms with Crippen LogP contribution >= 0.6 is 0 Å². The van der Waals surface area contributed by atoms with Gasteiger partial charge in [-0.1, -0.05) is 13.8 Å². The lowest BCUT2D eigenvalue weighted by atomic mass is 10.1. The minimum Gasteiger partial charge on any atom is -0.337 e. The summed E-state index contributed by atoms with van der Waals surface area (Å²) >= 11 is 0. The highest BCUT2D eigenvalue weighted by Gasteiger charge is 2.47. The molecule has 2 heterocycles. The molecule has 7 heteroatoms. The average molecular weight is 378 g/mol. The molecule has 6 nitrogen and oxygen atoms in total. The summed E-state index contributed by atoms with van der Waals surface area (Å²) in [7, 11) is -3.05. The second-order valence-corrected chi connectivity index (χ2v) is 10.2. The number of likely N-dealkylation sites (tertiary alicyclic amines) is 1. The van der Waals surface area contributed by atoms with E-state index in [0.29, 0.717) is 30.6 Å². The van der Waals surface area contributed by atoms with E-state index in [1.54, 1.807) is 23.1 Å². The van der Waals surface area contributed by atoms with E-state index in [9.17, 15) is 18.0 Å². The number of nitrogens with one attached hydrogen (secondary N) is 1. The maximum Gasteiger partial charge on any atom is 0.253 e. The van der Waals surface area contributed by atoms with Gasteiger partial charge in [-0.05, 0) is 48.9 Å². The maximum absolute atomic E-state index is 12.8. The zero-order chi connectivity index (χ0) is 19.1. The highest BCUT2D eigenvalue weighted by Crippen LogP contribution is 2.34. The molecular formula is C19H26N2O4S. The zero-order valence-corrected chi connectivity index (χ0v) is 16.3. The van der Waals surface area contributed by atoms with Crippen molar-refractivity contribution in [3.05, 3.63) is 29.3 Å². The Kier molecular flexibility index (Phi) is 5.10. The van der Waals surface area contributed by atoms with Gasteiger partial charge in [0, 0.05) is 30.8 Å². The molecule has 2 amide bonds. The van der Waals surface area contributed by atoms with Gasteiger partial charge < -0.3 is 10.2 Å². The van der Waals surface area contributed by atoms with Gasteiger partial charge in [0.2, 0.25) is 5.91 Å². The highest BCUT2D eigenvalue weighted by molar-refractivity contribution is 7.92. The predicted octanol–water partition coefficient (Wildman–Crippen LogP) is 2.24. The first kappa shape index (κ1) is 18.9. The third kappa shape index (κ3) is 3.77. The third-order valence-corrected chi connectivity index (χ3v) is 7.50. The van der Waals surface area contributed by atoms with E-state index in [2.05, 4.69) is 5.32 Å². The lowest BCUT2D eigenvalue weighted by molar-refractivity contribution is -0.116. The SMILES string of the molecule is Cc1cc(C(=O)N2C[C@@H]3CCS(=O)(=O)[C@@H]3C2)ccc1NC(=O)CC(C)C. The first-order valence-corrected chi connectivity index (χ1v) is 10.8. The minimum atomic E-state index is -3.05. The monoisotopic (exact) mass is 378 g/mol. The standard InChI is InChI=1S/C19H26N2O4S/c1-12(2)8-18(22)20-16-5-4-14(9-13(16)3)19(23)21-10-15-6-7-26(24,25)17(15)11-21/h4-5,9,12,15,17H,6-8,10-11H2,1-3H3,(H,20,22)/t15-,17+/m0/s1. The lowest BCUT2D eigenvalue weighted by Gasteiger charge is -2.18. The molecule has 0 aliphatic carbocycles. The van der Waals surface area contributed by atoms with Crippen molar-refractivity contribution in [3.63, 3.8) is 0 Å². The predicted molar refractivity (Wildman–Crippen MR) is 101 cm³/mol. The molecule has 0 unspecified atom stereocenters. The molecule has 2 aliphatic rings. The molecule has 1 N–H and O–H groups in total. The summed E-state index contributed by atoms with van der Waals surface area (Å²) in [5.41, 5.74) is 2.05. The number of fused-ring (bicyclic) bond motifs is 1. The van der Waals surface area contributed by atoms with Crippen molar-refractivity contribution in [2.75, 3.05) is 24.2 Å². The topological polar surface area (TPSA) is 83.6 Å². The number of hydrogen-bond donors (Lipinski definition) is 1. The molecule has 0 radical (unpaired) electrons. The summed E-state index contributed by atoms with van der Waals surface area (Å²) in [6.45, 7) is 6.62. The number of amides is 2. The first-order valence-electron chi connectivity index (χ1n) is 9.08. The van der Waals surface area contributed by atoms with Gasteiger partial charge in [-0.2, -0.15) is 0 Å². The van der Waals surface area contributed by atoms with E-state index in [4.69, 9.17) is 0 Å². The van der Waals surface area contributed by atoms with E-state index >= 15 is 0 Å². The van der Waals surface area contributed by atoms with Crippen LogP contribution in [0, 0.1) is 18.8 Å². The molecule has 26 heavy (non-hydrogen) atoms. The molecule has 1 aromatic carbocycles. The molecule has 0 spiro atoms. The van der Waals surface area contributed by atoms with Crippen LogP contribution in [0.1, 0.15) is 42.6 Å². The van der Waals surface area contributed by atoms with E-state index < -0.39 is 15.1 Å². The molecule has 2 atom stereocenters. The molecule has 2 fully saturated rings. The van der Waals surface area contributed by atoms with Gasteiger partial charge in [0.1, 0.15) is 0 Å². The summed E-state index contributed by atoms with van der Waals surface area (Å²) in [5.74, 6) is 0.410.